The third kappa shape index (κ3) is 8.96. The van der Waals surface area contributed by atoms with Crippen molar-refractivity contribution in [2.24, 2.45) is 0 Å². The molecule has 4 aromatic rings. The number of carboxylic acids is 1. The van der Waals surface area contributed by atoms with E-state index >= 15 is 0 Å². The first kappa shape index (κ1) is 31.3. The zero-order valence-electron chi connectivity index (χ0n) is 24.2. The van der Waals surface area contributed by atoms with E-state index in [1.165, 1.54) is 0 Å². The molecule has 10 heteroatoms. The summed E-state index contributed by atoms with van der Waals surface area (Å²) in [5.74, 6) is -0.406. The van der Waals surface area contributed by atoms with Crippen LogP contribution in [0.2, 0.25) is 0 Å². The largest absolute Gasteiger partial charge is 0.481 e. The van der Waals surface area contributed by atoms with Crippen molar-refractivity contribution in [3.05, 3.63) is 114 Å². The fraction of sp³-hybridized carbons (Fsp3) is 0.294. The van der Waals surface area contributed by atoms with E-state index in [-0.39, 0.29) is 37.6 Å². The van der Waals surface area contributed by atoms with Gasteiger partial charge in [-0.15, -0.1) is 0 Å². The van der Waals surface area contributed by atoms with Gasteiger partial charge in [0.25, 0.3) is 0 Å². The molecule has 0 spiro atoms. The Morgan fingerprint density at radius 2 is 1.61 bits per heavy atom. The molecule has 0 unspecified atom stereocenters. The summed E-state index contributed by atoms with van der Waals surface area (Å²) in [6, 6.07) is 25.6. The Morgan fingerprint density at radius 3 is 2.36 bits per heavy atom. The number of aliphatic hydroxyl groups is 1. The molecule has 3 N–H and O–H groups in total. The molecule has 44 heavy (non-hydrogen) atoms. The van der Waals surface area contributed by atoms with Gasteiger partial charge in [0.05, 0.1) is 18.8 Å². The number of carboxylic acid groups (broad SMARTS) is 1. The summed E-state index contributed by atoms with van der Waals surface area (Å²) < 4.78 is 13.0. The fourth-order valence-electron chi connectivity index (χ4n) is 4.97. The summed E-state index contributed by atoms with van der Waals surface area (Å²) in [7, 11) is 0. The summed E-state index contributed by atoms with van der Waals surface area (Å²) in [5.41, 5.74) is 5.68. The first-order valence-corrected chi connectivity index (χ1v) is 15.5. The SMILES string of the molecule is O=C(O)CCCC(=O)NCc1cccc(-c2cccc([C@H]3O[C@@H](CSc4ncccn4)C[C@@H](c4ccc(CO)cc4)O3)c2)c1. The molecule has 228 valence electrons. The molecule has 0 aliphatic carbocycles. The number of thioether (sulfide) groups is 1. The fourth-order valence-corrected chi connectivity index (χ4v) is 5.79. The van der Waals surface area contributed by atoms with Crippen LogP contribution in [0.4, 0.5) is 0 Å². The van der Waals surface area contributed by atoms with Crippen molar-refractivity contribution in [1.82, 2.24) is 15.3 Å². The molecule has 2 heterocycles. The molecule has 3 aromatic carbocycles. The third-order valence-corrected chi connectivity index (χ3v) is 8.27. The molecule has 1 fully saturated rings. The average Bonchev–Trinajstić information content (AvgIpc) is 3.07. The van der Waals surface area contributed by atoms with Gasteiger partial charge in [0.1, 0.15) is 0 Å². The molecule has 1 saturated heterocycles. The number of carbonyl (C=O) groups excluding carboxylic acids is 1. The summed E-state index contributed by atoms with van der Waals surface area (Å²) in [5, 5.41) is 21.8. The maximum atomic E-state index is 12.1. The number of carbonyl (C=O) groups is 2. The van der Waals surface area contributed by atoms with Crippen LogP contribution in [0.15, 0.2) is 96.4 Å². The first-order valence-electron chi connectivity index (χ1n) is 14.5. The molecule has 0 bridgehead atoms. The minimum atomic E-state index is -0.903. The number of aromatic nitrogens is 2. The number of hydrogen-bond acceptors (Lipinski definition) is 8. The van der Waals surface area contributed by atoms with Crippen LogP contribution >= 0.6 is 11.8 Å². The van der Waals surface area contributed by atoms with Crippen LogP contribution < -0.4 is 5.32 Å². The van der Waals surface area contributed by atoms with E-state index in [0.717, 1.165) is 33.4 Å². The Balaban J connectivity index is 1.30. The predicted molar refractivity (Wildman–Crippen MR) is 166 cm³/mol. The lowest BCUT2D eigenvalue weighted by atomic mass is 9.99. The Bertz CT molecular complexity index is 1540. The zero-order valence-corrected chi connectivity index (χ0v) is 25.0. The molecule has 1 aliphatic rings. The van der Waals surface area contributed by atoms with E-state index in [9.17, 15) is 14.7 Å². The maximum absolute atomic E-state index is 12.1. The molecule has 9 nitrogen and oxygen atoms in total. The summed E-state index contributed by atoms with van der Waals surface area (Å²) in [4.78, 5) is 31.5. The molecule has 1 aliphatic heterocycles. The summed E-state index contributed by atoms with van der Waals surface area (Å²) in [6.45, 7) is 0.344. The van der Waals surface area contributed by atoms with Gasteiger partial charge in [0.2, 0.25) is 5.91 Å². The molecule has 0 saturated carbocycles. The number of hydrogen-bond donors (Lipinski definition) is 3. The normalized spacial score (nSPS) is 18.1. The lowest BCUT2D eigenvalue weighted by Gasteiger charge is -2.36. The number of aliphatic hydroxyl groups excluding tert-OH is 1. The highest BCUT2D eigenvalue weighted by atomic mass is 32.2. The molecular formula is C34H35N3O6S. The smallest absolute Gasteiger partial charge is 0.303 e. The second-order valence-electron chi connectivity index (χ2n) is 10.5. The topological polar surface area (TPSA) is 131 Å². The van der Waals surface area contributed by atoms with Crippen molar-refractivity contribution >= 4 is 23.6 Å². The zero-order chi connectivity index (χ0) is 30.7. The minimum Gasteiger partial charge on any atom is -0.481 e. The number of nitrogens with zero attached hydrogens (tertiary/aromatic N) is 2. The van der Waals surface area contributed by atoms with Gasteiger partial charge in [-0.25, -0.2) is 9.97 Å². The molecule has 1 amide bonds. The van der Waals surface area contributed by atoms with Crippen molar-refractivity contribution in [2.45, 2.75) is 62.5 Å². The van der Waals surface area contributed by atoms with E-state index in [1.807, 2.05) is 66.7 Å². The third-order valence-electron chi connectivity index (χ3n) is 7.26. The van der Waals surface area contributed by atoms with Gasteiger partial charge in [-0.3, -0.25) is 9.59 Å². The highest BCUT2D eigenvalue weighted by molar-refractivity contribution is 7.99. The average molecular weight is 614 g/mol. The Morgan fingerprint density at radius 1 is 0.864 bits per heavy atom. The minimum absolute atomic E-state index is 0.0129. The number of amides is 1. The van der Waals surface area contributed by atoms with E-state index in [4.69, 9.17) is 14.6 Å². The summed E-state index contributed by atoms with van der Waals surface area (Å²) in [6.07, 6.45) is 3.68. The van der Waals surface area contributed by atoms with Crippen LogP contribution in [-0.4, -0.2) is 43.9 Å². The van der Waals surface area contributed by atoms with Gasteiger partial charge < -0.3 is 25.0 Å². The number of ether oxygens (including phenoxy) is 2. The van der Waals surface area contributed by atoms with Crippen molar-refractivity contribution in [1.29, 1.82) is 0 Å². The van der Waals surface area contributed by atoms with Gasteiger partial charge in [-0.1, -0.05) is 72.4 Å². The second-order valence-corrected chi connectivity index (χ2v) is 11.5. The van der Waals surface area contributed by atoms with E-state index < -0.39 is 12.3 Å². The first-order chi connectivity index (χ1) is 21.5. The van der Waals surface area contributed by atoms with Gasteiger partial charge in [0, 0.05) is 49.5 Å². The standard InChI is InChI=1S/C34H35N3O6S/c38-21-23-11-13-25(14-12-23)30-19-29(22-44-34-35-15-4-16-36-34)42-33(43-30)28-8-2-7-27(18-28)26-6-1-5-24(17-26)20-37-31(39)9-3-10-32(40)41/h1-2,4-8,11-18,29-30,33,38H,3,9-10,19-22H2,(H,37,39)(H,40,41)/t29-,30+,33+/m1/s1. The molecule has 0 radical (unpaired) electrons. The van der Waals surface area contributed by atoms with Gasteiger partial charge in [-0.2, -0.15) is 0 Å². The van der Waals surface area contributed by atoms with Crippen molar-refractivity contribution in [3.63, 3.8) is 0 Å². The highest BCUT2D eigenvalue weighted by Crippen LogP contribution is 2.40. The van der Waals surface area contributed by atoms with Crippen LogP contribution in [-0.2, 0) is 32.2 Å². The van der Waals surface area contributed by atoms with Crippen molar-refractivity contribution < 1.29 is 29.3 Å². The van der Waals surface area contributed by atoms with E-state index in [0.29, 0.717) is 30.3 Å². The highest BCUT2D eigenvalue weighted by Gasteiger charge is 2.32. The van der Waals surface area contributed by atoms with Crippen LogP contribution in [0.5, 0.6) is 0 Å². The van der Waals surface area contributed by atoms with Gasteiger partial charge >= 0.3 is 5.97 Å². The van der Waals surface area contributed by atoms with Gasteiger partial charge in [0.15, 0.2) is 11.4 Å². The van der Waals surface area contributed by atoms with Crippen molar-refractivity contribution in [2.75, 3.05) is 5.75 Å². The quantitative estimate of drug-likeness (QED) is 0.126. The lowest BCUT2D eigenvalue weighted by molar-refractivity contribution is -0.245. The lowest BCUT2D eigenvalue weighted by Crippen LogP contribution is -2.31. The van der Waals surface area contributed by atoms with E-state index in [2.05, 4.69) is 21.4 Å². The Kier molecular flexibility index (Phi) is 11.1. The van der Waals surface area contributed by atoms with Gasteiger partial charge in [-0.05, 0) is 52.4 Å². The number of aliphatic carboxylic acids is 1. The van der Waals surface area contributed by atoms with Crippen LogP contribution in [0.25, 0.3) is 11.1 Å². The monoisotopic (exact) mass is 613 g/mol. The van der Waals surface area contributed by atoms with E-state index in [1.54, 1.807) is 30.2 Å². The number of benzene rings is 3. The Hall–Kier alpha value is -4.09. The Labute approximate surface area is 260 Å². The molecule has 3 atom stereocenters. The summed E-state index contributed by atoms with van der Waals surface area (Å²) >= 11 is 1.55. The second kappa shape index (κ2) is 15.6. The van der Waals surface area contributed by atoms with Crippen LogP contribution in [0.1, 0.15) is 60.3 Å². The predicted octanol–water partition coefficient (Wildman–Crippen LogP) is 5.84. The molecular weight excluding hydrogens is 578 g/mol. The number of rotatable bonds is 13. The maximum Gasteiger partial charge on any atom is 0.303 e. The molecule has 1 aromatic heterocycles. The number of nitrogens with one attached hydrogen (secondary N) is 1. The van der Waals surface area contributed by atoms with Crippen molar-refractivity contribution in [3.8, 4) is 11.1 Å². The molecule has 5 rings (SSSR count). The van der Waals surface area contributed by atoms with Crippen LogP contribution in [0.3, 0.4) is 0 Å². The van der Waals surface area contributed by atoms with Crippen LogP contribution in [0, 0.1) is 0 Å².